The summed E-state index contributed by atoms with van der Waals surface area (Å²) >= 11 is 0. The number of benzene rings is 4. The molecule has 4 aromatic rings. The van der Waals surface area contributed by atoms with Crippen molar-refractivity contribution in [2.24, 2.45) is 0 Å². The van der Waals surface area contributed by atoms with Crippen molar-refractivity contribution >= 4 is 23.9 Å². The highest BCUT2D eigenvalue weighted by Crippen LogP contribution is 2.53. The van der Waals surface area contributed by atoms with Gasteiger partial charge in [0.1, 0.15) is 12.7 Å². The topological polar surface area (TPSA) is 377 Å². The Kier molecular flexibility index (Phi) is 9.45. The van der Waals surface area contributed by atoms with Crippen molar-refractivity contribution < 1.29 is 109 Å². The number of aliphatic hydroxyl groups excluding tert-OH is 1. The number of rotatable bonds is 5. The van der Waals surface area contributed by atoms with Gasteiger partial charge in [0, 0.05) is 11.1 Å². The van der Waals surface area contributed by atoms with Crippen LogP contribution < -0.4 is 0 Å². The van der Waals surface area contributed by atoms with Crippen LogP contribution in [0.5, 0.6) is 69.0 Å². The Hall–Kier alpha value is -7.72. The van der Waals surface area contributed by atoms with E-state index in [1.165, 1.54) is 0 Å². The number of hydrogen-bond acceptors (Lipinski definition) is 22. The average molecular weight is 787 g/mol. The van der Waals surface area contributed by atoms with Gasteiger partial charge in [-0.15, -0.1) is 0 Å². The quantitative estimate of drug-likeness (QED) is 0.0751. The van der Waals surface area contributed by atoms with Crippen LogP contribution in [0.25, 0.3) is 11.1 Å². The summed E-state index contributed by atoms with van der Waals surface area (Å²) in [6, 6.07) is 3.56. The Morgan fingerprint density at radius 2 is 0.929 bits per heavy atom. The number of carbonyl (C=O) groups excluding carboxylic acids is 4. The molecule has 0 spiro atoms. The standard InChI is InChI=1S/C34H26O22/c35-12-1-8(2-13(36)21(12)41)30(47)52-7-18-27(54-31(48)9-3-14(37)22(42)15(38)4-9)28-29(34(51)53-18)56-33(50)11-6-17(40)24(44)26(46)20(11)19-10(32(49)55-28)5-16(39)23(43)25(19)45/h1-6,18,27-29,34-46,51H,7H2/t18-,27-,28+,29-,34-/m1/s1. The second-order valence-electron chi connectivity index (χ2n) is 12.0. The van der Waals surface area contributed by atoms with E-state index >= 15 is 0 Å². The summed E-state index contributed by atoms with van der Waals surface area (Å²) in [5.74, 6) is -19.9. The third-order valence-electron chi connectivity index (χ3n) is 8.53. The zero-order valence-electron chi connectivity index (χ0n) is 27.5. The van der Waals surface area contributed by atoms with Crippen molar-refractivity contribution in [3.63, 3.8) is 0 Å². The first-order chi connectivity index (χ1) is 26.3. The van der Waals surface area contributed by atoms with Gasteiger partial charge in [0.15, 0.2) is 82.1 Å². The van der Waals surface area contributed by atoms with Gasteiger partial charge in [-0.1, -0.05) is 0 Å². The smallest absolute Gasteiger partial charge is 0.339 e. The van der Waals surface area contributed by atoms with E-state index in [4.69, 9.17) is 23.7 Å². The number of aromatic hydroxyl groups is 12. The monoisotopic (exact) mass is 786 g/mol. The SMILES string of the molecule is O=C(OC[C@H]1O[C@@H](O)[C@@H]2OC(=O)c3cc(O)c(O)c(O)c3-c3c(cc(O)c(O)c3O)C(=O)O[C@H]2[C@@H]1OC(=O)c1cc(O)c(O)c(O)c1)c1cc(O)c(O)c(O)c1. The van der Waals surface area contributed by atoms with Crippen LogP contribution in [-0.2, 0) is 23.7 Å². The van der Waals surface area contributed by atoms with Gasteiger partial charge in [-0.3, -0.25) is 0 Å². The van der Waals surface area contributed by atoms with E-state index in [9.17, 15) is 85.6 Å². The van der Waals surface area contributed by atoms with Crippen LogP contribution >= 0.6 is 0 Å². The number of phenols is 12. The lowest BCUT2D eigenvalue weighted by molar-refractivity contribution is -0.284. The number of carbonyl (C=O) groups is 4. The fourth-order valence-corrected chi connectivity index (χ4v) is 5.80. The summed E-state index contributed by atoms with van der Waals surface area (Å²) in [6.45, 7) is -1.08. The third-order valence-corrected chi connectivity index (χ3v) is 8.53. The Labute approximate surface area is 309 Å². The van der Waals surface area contributed by atoms with Crippen LogP contribution in [-0.4, -0.2) is 128 Å². The molecule has 5 atom stereocenters. The molecule has 0 unspecified atom stereocenters. The summed E-state index contributed by atoms with van der Waals surface area (Å²) < 4.78 is 26.9. The van der Waals surface area contributed by atoms with Crippen LogP contribution in [0.1, 0.15) is 41.4 Å². The van der Waals surface area contributed by atoms with Gasteiger partial charge in [-0.05, 0) is 36.4 Å². The first-order valence-corrected chi connectivity index (χ1v) is 15.5. The Balaban J connectivity index is 1.48. The molecule has 22 nitrogen and oxygen atoms in total. The van der Waals surface area contributed by atoms with Gasteiger partial charge in [0.2, 0.25) is 11.5 Å². The maximum atomic E-state index is 14.0. The average Bonchev–Trinajstić information content (AvgIpc) is 3.14. The molecule has 294 valence electrons. The molecular weight excluding hydrogens is 760 g/mol. The molecular formula is C34H26O22. The first-order valence-electron chi connectivity index (χ1n) is 15.5. The van der Waals surface area contributed by atoms with Gasteiger partial charge in [-0.25, -0.2) is 19.2 Å². The van der Waals surface area contributed by atoms with Gasteiger partial charge in [-0.2, -0.15) is 0 Å². The van der Waals surface area contributed by atoms with Crippen molar-refractivity contribution in [2.75, 3.05) is 6.61 Å². The molecule has 56 heavy (non-hydrogen) atoms. The molecule has 0 aliphatic carbocycles. The predicted molar refractivity (Wildman–Crippen MR) is 174 cm³/mol. The van der Waals surface area contributed by atoms with E-state index in [0.29, 0.717) is 36.4 Å². The van der Waals surface area contributed by atoms with Crippen LogP contribution in [0.3, 0.4) is 0 Å². The first kappa shape index (κ1) is 38.0. The van der Waals surface area contributed by atoms with Gasteiger partial charge < -0.3 is 90.1 Å². The van der Waals surface area contributed by atoms with Crippen molar-refractivity contribution in [1.82, 2.24) is 0 Å². The molecule has 0 saturated carbocycles. The van der Waals surface area contributed by atoms with Crippen LogP contribution in [0.4, 0.5) is 0 Å². The van der Waals surface area contributed by atoms with E-state index < -0.39 is 164 Å². The molecule has 0 aromatic heterocycles. The van der Waals surface area contributed by atoms with E-state index in [2.05, 4.69) is 0 Å². The molecule has 0 bridgehead atoms. The predicted octanol–water partition coefficient (Wildman–Crippen LogP) is 0.685. The molecule has 1 fully saturated rings. The zero-order chi connectivity index (χ0) is 41.1. The van der Waals surface area contributed by atoms with Crippen molar-refractivity contribution in [3.8, 4) is 80.1 Å². The molecule has 2 aliphatic rings. The second kappa shape index (κ2) is 13.9. The van der Waals surface area contributed by atoms with E-state index in [1.54, 1.807) is 0 Å². The summed E-state index contributed by atoms with van der Waals surface area (Å²) in [4.78, 5) is 54.1. The van der Waals surface area contributed by atoms with Crippen LogP contribution in [0, 0.1) is 0 Å². The number of esters is 4. The van der Waals surface area contributed by atoms with Gasteiger partial charge >= 0.3 is 23.9 Å². The molecule has 2 heterocycles. The lowest BCUT2D eigenvalue weighted by Crippen LogP contribution is -2.62. The Bertz CT molecular complexity index is 2290. The van der Waals surface area contributed by atoms with Crippen LogP contribution in [0.2, 0.25) is 0 Å². The highest BCUT2D eigenvalue weighted by atomic mass is 16.7. The number of phenolic OH excluding ortho intramolecular Hbond substituents is 12. The summed E-state index contributed by atoms with van der Waals surface area (Å²) in [7, 11) is 0. The number of fused-ring (bicyclic) bond motifs is 4. The number of ether oxygens (including phenoxy) is 5. The maximum Gasteiger partial charge on any atom is 0.339 e. The molecule has 6 rings (SSSR count). The van der Waals surface area contributed by atoms with E-state index in [1.807, 2.05) is 0 Å². The fraction of sp³-hybridized carbons (Fsp3) is 0.176. The minimum absolute atomic E-state index is 0.475. The lowest BCUT2D eigenvalue weighted by atomic mass is 9.91. The van der Waals surface area contributed by atoms with Gasteiger partial charge in [0.05, 0.1) is 22.3 Å². The highest BCUT2D eigenvalue weighted by Gasteiger charge is 2.53. The Morgan fingerprint density at radius 3 is 1.38 bits per heavy atom. The molecule has 22 heteroatoms. The lowest BCUT2D eigenvalue weighted by Gasteiger charge is -2.43. The summed E-state index contributed by atoms with van der Waals surface area (Å²) in [6.07, 6.45) is -11.1. The van der Waals surface area contributed by atoms with Crippen molar-refractivity contribution in [1.29, 1.82) is 0 Å². The zero-order valence-corrected chi connectivity index (χ0v) is 27.5. The molecule has 0 amide bonds. The molecule has 4 aromatic carbocycles. The minimum atomic E-state index is -2.41. The summed E-state index contributed by atoms with van der Waals surface area (Å²) in [5.41, 5.74) is -5.16. The number of hydrogen-bond donors (Lipinski definition) is 13. The molecule has 1 saturated heterocycles. The number of aliphatic hydroxyl groups is 1. The minimum Gasteiger partial charge on any atom is -0.504 e. The van der Waals surface area contributed by atoms with E-state index in [-0.39, 0.29) is 0 Å². The fourth-order valence-electron chi connectivity index (χ4n) is 5.80. The second-order valence-corrected chi connectivity index (χ2v) is 12.0. The maximum absolute atomic E-state index is 14.0. The normalized spacial score (nSPS) is 20.3. The van der Waals surface area contributed by atoms with E-state index in [0.717, 1.165) is 0 Å². The summed E-state index contributed by atoms with van der Waals surface area (Å²) in [5, 5.41) is 133. The van der Waals surface area contributed by atoms with Gasteiger partial charge in [0.25, 0.3) is 0 Å². The Morgan fingerprint density at radius 1 is 0.536 bits per heavy atom. The largest absolute Gasteiger partial charge is 0.504 e. The highest BCUT2D eigenvalue weighted by molar-refractivity contribution is 6.08. The molecule has 13 N–H and O–H groups in total. The van der Waals surface area contributed by atoms with Crippen LogP contribution in [0.15, 0.2) is 36.4 Å². The molecule has 0 radical (unpaired) electrons. The van der Waals surface area contributed by atoms with Crippen molar-refractivity contribution in [2.45, 2.75) is 30.7 Å². The molecule has 2 aliphatic heterocycles. The van der Waals surface area contributed by atoms with Crippen molar-refractivity contribution in [3.05, 3.63) is 58.7 Å². The third kappa shape index (κ3) is 6.45.